The predicted molar refractivity (Wildman–Crippen MR) is 105 cm³/mol. The Morgan fingerprint density at radius 3 is 2.56 bits per heavy atom. The van der Waals surface area contributed by atoms with Gasteiger partial charge in [-0.2, -0.15) is 0 Å². The molecular formula is C20H23BN2O4. The number of esters is 1. The zero-order valence-electron chi connectivity index (χ0n) is 15.7. The Kier molecular flexibility index (Phi) is 5.51. The standard InChI is InChI=1S/C20H23BN2O4/c1-13(14-7-9-16(10-8-14)20(25)27-3)22-19(24)17-6-4-5-15-11-12-23(18(15)17)21(2)26/h4-10,13,26H,11-12H2,1-3H3,(H,22,24)/t13-/m0/s1. The van der Waals surface area contributed by atoms with Gasteiger partial charge in [0.25, 0.3) is 5.91 Å². The van der Waals surface area contributed by atoms with Crippen molar-refractivity contribution in [1.82, 2.24) is 5.32 Å². The summed E-state index contributed by atoms with van der Waals surface area (Å²) >= 11 is 0. The molecule has 0 saturated carbocycles. The fourth-order valence-corrected chi connectivity index (χ4v) is 3.43. The summed E-state index contributed by atoms with van der Waals surface area (Å²) in [6, 6.07) is 12.4. The third-order valence-electron chi connectivity index (χ3n) is 4.90. The van der Waals surface area contributed by atoms with Gasteiger partial charge in [-0.05, 0) is 49.5 Å². The van der Waals surface area contributed by atoms with Crippen molar-refractivity contribution in [3.8, 4) is 0 Å². The molecule has 0 saturated heterocycles. The van der Waals surface area contributed by atoms with Crippen molar-refractivity contribution in [3.05, 3.63) is 64.7 Å². The highest BCUT2D eigenvalue weighted by Crippen LogP contribution is 2.32. The lowest BCUT2D eigenvalue weighted by molar-refractivity contribution is 0.0600. The molecule has 1 aliphatic rings. The number of carbonyl (C=O) groups is 2. The molecule has 1 atom stereocenters. The van der Waals surface area contributed by atoms with Gasteiger partial charge in [0.05, 0.1) is 24.3 Å². The molecule has 6 nitrogen and oxygen atoms in total. The van der Waals surface area contributed by atoms with E-state index in [9.17, 15) is 14.6 Å². The van der Waals surface area contributed by atoms with E-state index in [4.69, 9.17) is 4.74 Å². The fraction of sp³-hybridized carbons (Fsp3) is 0.300. The van der Waals surface area contributed by atoms with E-state index in [-0.39, 0.29) is 11.9 Å². The number of anilines is 1. The monoisotopic (exact) mass is 366 g/mol. The lowest BCUT2D eigenvalue weighted by Gasteiger charge is -2.23. The molecule has 1 amide bonds. The maximum absolute atomic E-state index is 12.9. The quantitative estimate of drug-likeness (QED) is 0.628. The van der Waals surface area contributed by atoms with Crippen LogP contribution in [0, 0.1) is 0 Å². The van der Waals surface area contributed by atoms with Gasteiger partial charge >= 0.3 is 13.0 Å². The molecule has 1 heterocycles. The number of hydrogen-bond donors (Lipinski definition) is 2. The third-order valence-corrected chi connectivity index (χ3v) is 4.90. The molecule has 7 heteroatoms. The minimum atomic E-state index is -0.650. The first kappa shape index (κ1) is 19.0. The summed E-state index contributed by atoms with van der Waals surface area (Å²) in [5, 5.41) is 13.0. The number of rotatable bonds is 5. The topological polar surface area (TPSA) is 78.9 Å². The normalized spacial score (nSPS) is 13.7. The van der Waals surface area contributed by atoms with Crippen LogP contribution in [0.15, 0.2) is 42.5 Å². The second-order valence-corrected chi connectivity index (χ2v) is 6.70. The minimum absolute atomic E-state index is 0.191. The van der Waals surface area contributed by atoms with E-state index in [1.807, 2.05) is 23.9 Å². The second-order valence-electron chi connectivity index (χ2n) is 6.70. The van der Waals surface area contributed by atoms with Crippen molar-refractivity contribution in [3.63, 3.8) is 0 Å². The number of methoxy groups -OCH3 is 1. The Balaban J connectivity index is 1.78. The van der Waals surface area contributed by atoms with Gasteiger partial charge in [0.2, 0.25) is 0 Å². The van der Waals surface area contributed by atoms with Crippen molar-refractivity contribution in [2.75, 3.05) is 18.5 Å². The van der Waals surface area contributed by atoms with Gasteiger partial charge in [-0.1, -0.05) is 24.3 Å². The lowest BCUT2D eigenvalue weighted by atomic mass is 9.84. The van der Waals surface area contributed by atoms with Crippen LogP contribution < -0.4 is 10.1 Å². The van der Waals surface area contributed by atoms with Gasteiger partial charge in [0, 0.05) is 12.2 Å². The molecule has 27 heavy (non-hydrogen) atoms. The van der Waals surface area contributed by atoms with Gasteiger partial charge in [0.15, 0.2) is 0 Å². The van der Waals surface area contributed by atoms with E-state index in [1.54, 1.807) is 37.2 Å². The molecule has 140 valence electrons. The summed E-state index contributed by atoms with van der Waals surface area (Å²) in [5.74, 6) is -0.583. The van der Waals surface area contributed by atoms with Gasteiger partial charge in [-0.3, -0.25) is 4.79 Å². The average Bonchev–Trinajstić information content (AvgIpc) is 3.11. The Morgan fingerprint density at radius 1 is 1.22 bits per heavy atom. The number of carbonyl (C=O) groups excluding carboxylic acids is 2. The van der Waals surface area contributed by atoms with Crippen LogP contribution in [0.1, 0.15) is 44.8 Å². The Hall–Kier alpha value is -2.80. The number of fused-ring (bicyclic) bond motifs is 1. The molecule has 1 aliphatic heterocycles. The number of nitrogens with zero attached hydrogens (tertiary/aromatic N) is 1. The molecule has 3 rings (SSSR count). The molecule has 0 spiro atoms. The smallest absolute Gasteiger partial charge is 0.409 e. The Bertz CT molecular complexity index is 852. The van der Waals surface area contributed by atoms with Crippen LogP contribution in [0.3, 0.4) is 0 Å². The van der Waals surface area contributed by atoms with Crippen LogP contribution in [-0.4, -0.2) is 37.6 Å². The van der Waals surface area contributed by atoms with E-state index in [2.05, 4.69) is 5.32 Å². The lowest BCUT2D eigenvalue weighted by Crippen LogP contribution is -2.37. The van der Waals surface area contributed by atoms with Crippen LogP contribution in [-0.2, 0) is 11.2 Å². The van der Waals surface area contributed by atoms with Gasteiger partial charge in [-0.15, -0.1) is 0 Å². The summed E-state index contributed by atoms with van der Waals surface area (Å²) < 4.78 is 4.70. The molecule has 2 aromatic carbocycles. The molecule has 0 aromatic heterocycles. The van der Waals surface area contributed by atoms with E-state index in [0.29, 0.717) is 17.7 Å². The summed E-state index contributed by atoms with van der Waals surface area (Å²) in [6.45, 7) is 4.29. The first-order valence-electron chi connectivity index (χ1n) is 8.98. The molecule has 0 unspecified atom stereocenters. The first-order chi connectivity index (χ1) is 12.9. The number of amides is 1. The highest BCUT2D eigenvalue weighted by atomic mass is 16.5. The van der Waals surface area contributed by atoms with E-state index in [1.165, 1.54) is 7.11 Å². The maximum atomic E-state index is 12.9. The zero-order valence-corrected chi connectivity index (χ0v) is 15.7. The summed E-state index contributed by atoms with van der Waals surface area (Å²) in [5.41, 5.74) is 3.78. The SMILES string of the molecule is COC(=O)c1ccc([C@H](C)NC(=O)c2cccc3c2N(B(C)O)CC3)cc1. The minimum Gasteiger partial charge on any atom is -0.465 e. The maximum Gasteiger partial charge on any atom is 0.409 e. The van der Waals surface area contributed by atoms with Crippen LogP contribution in [0.4, 0.5) is 5.69 Å². The molecule has 0 aliphatic carbocycles. The highest BCUT2D eigenvalue weighted by molar-refractivity contribution is 6.54. The zero-order chi connectivity index (χ0) is 19.6. The van der Waals surface area contributed by atoms with Crippen LogP contribution >= 0.6 is 0 Å². The summed E-state index contributed by atoms with van der Waals surface area (Å²) in [6.07, 6.45) is 0.811. The van der Waals surface area contributed by atoms with Crippen molar-refractivity contribution >= 4 is 24.6 Å². The highest BCUT2D eigenvalue weighted by Gasteiger charge is 2.29. The number of hydrogen-bond acceptors (Lipinski definition) is 5. The number of para-hydroxylation sites is 1. The van der Waals surface area contributed by atoms with E-state index < -0.39 is 13.0 Å². The van der Waals surface area contributed by atoms with Crippen molar-refractivity contribution < 1.29 is 19.3 Å². The second kappa shape index (κ2) is 7.84. The first-order valence-corrected chi connectivity index (χ1v) is 8.98. The van der Waals surface area contributed by atoms with E-state index in [0.717, 1.165) is 23.2 Å². The number of nitrogens with one attached hydrogen (secondary N) is 1. The summed E-state index contributed by atoms with van der Waals surface area (Å²) in [4.78, 5) is 26.3. The van der Waals surface area contributed by atoms with Crippen molar-refractivity contribution in [2.24, 2.45) is 0 Å². The number of benzene rings is 2. The molecule has 2 N–H and O–H groups in total. The largest absolute Gasteiger partial charge is 0.465 e. The van der Waals surface area contributed by atoms with Crippen molar-refractivity contribution in [2.45, 2.75) is 26.2 Å². The average molecular weight is 366 g/mol. The fourth-order valence-electron chi connectivity index (χ4n) is 3.43. The molecule has 2 aromatic rings. The molecular weight excluding hydrogens is 343 g/mol. The van der Waals surface area contributed by atoms with Gasteiger partial charge in [0.1, 0.15) is 0 Å². The Labute approximate surface area is 159 Å². The van der Waals surface area contributed by atoms with Crippen LogP contribution in [0.25, 0.3) is 0 Å². The van der Waals surface area contributed by atoms with Crippen LogP contribution in [0.2, 0.25) is 6.82 Å². The summed E-state index contributed by atoms with van der Waals surface area (Å²) in [7, 11) is 0.692. The van der Waals surface area contributed by atoms with Crippen molar-refractivity contribution in [1.29, 1.82) is 0 Å². The van der Waals surface area contributed by atoms with Gasteiger partial charge < -0.3 is 19.9 Å². The Morgan fingerprint density at radius 2 is 1.93 bits per heavy atom. The molecule has 0 radical (unpaired) electrons. The van der Waals surface area contributed by atoms with Crippen LogP contribution in [0.5, 0.6) is 0 Å². The predicted octanol–water partition coefficient (Wildman–Crippen LogP) is 2.44. The number of ether oxygens (including phenoxy) is 1. The molecule has 0 fully saturated rings. The van der Waals surface area contributed by atoms with E-state index >= 15 is 0 Å². The third kappa shape index (κ3) is 3.83. The molecule has 0 bridgehead atoms. The van der Waals surface area contributed by atoms with Gasteiger partial charge in [-0.25, -0.2) is 4.79 Å².